The molecule has 0 amide bonds. The van der Waals surface area contributed by atoms with Crippen molar-refractivity contribution in [2.24, 2.45) is 0 Å². The Morgan fingerprint density at radius 3 is 1.50 bits per heavy atom. The molecular weight excluding hydrogens is 368 g/mol. The SMILES string of the molecule is O=S(=O)(Cc1cccs1)OCCOS(=O)(=O)Cc1cccs1. The summed E-state index contributed by atoms with van der Waals surface area (Å²) in [6.07, 6.45) is 0. The van der Waals surface area contributed by atoms with Crippen LogP contribution in [-0.4, -0.2) is 30.0 Å². The third-order valence-corrected chi connectivity index (χ3v) is 6.91. The van der Waals surface area contributed by atoms with E-state index in [0.717, 1.165) is 0 Å². The smallest absolute Gasteiger partial charge is 0.267 e. The predicted molar refractivity (Wildman–Crippen MR) is 85.8 cm³/mol. The maximum atomic E-state index is 11.7. The van der Waals surface area contributed by atoms with E-state index < -0.39 is 20.2 Å². The molecule has 2 rings (SSSR count). The van der Waals surface area contributed by atoms with Crippen LogP contribution in [0.3, 0.4) is 0 Å². The molecule has 0 bridgehead atoms. The van der Waals surface area contributed by atoms with Gasteiger partial charge in [0.25, 0.3) is 20.2 Å². The third-order valence-electron chi connectivity index (χ3n) is 2.41. The molecule has 2 heterocycles. The predicted octanol–water partition coefficient (Wildman–Crippen LogP) is 2.20. The van der Waals surface area contributed by atoms with E-state index in [0.29, 0.717) is 9.75 Å². The zero-order valence-corrected chi connectivity index (χ0v) is 14.6. The van der Waals surface area contributed by atoms with Gasteiger partial charge < -0.3 is 0 Å². The molecule has 0 fully saturated rings. The Hall–Kier alpha value is -0.780. The standard InChI is InChI=1S/C12H14O6S4/c13-21(14,9-11-3-1-7-19-11)17-5-6-18-22(15,16)10-12-4-2-8-20-12/h1-4,7-8H,5-6,9-10H2. The first-order chi connectivity index (χ1) is 10.4. The highest BCUT2D eigenvalue weighted by atomic mass is 32.2. The van der Waals surface area contributed by atoms with Crippen LogP contribution in [0.4, 0.5) is 0 Å². The van der Waals surface area contributed by atoms with Crippen LogP contribution in [-0.2, 0) is 40.1 Å². The number of thiophene rings is 2. The highest BCUT2D eigenvalue weighted by Gasteiger charge is 2.16. The largest absolute Gasteiger partial charge is 0.272 e. The molecule has 0 aliphatic rings. The molecule has 2 aromatic rings. The van der Waals surface area contributed by atoms with E-state index >= 15 is 0 Å². The first kappa shape index (κ1) is 17.6. The normalized spacial score (nSPS) is 12.5. The summed E-state index contributed by atoms with van der Waals surface area (Å²) in [5.74, 6) is -0.459. The zero-order valence-electron chi connectivity index (χ0n) is 11.4. The van der Waals surface area contributed by atoms with Crippen LogP contribution in [0.1, 0.15) is 9.75 Å². The van der Waals surface area contributed by atoms with Crippen molar-refractivity contribution in [3.05, 3.63) is 44.8 Å². The average molecular weight is 383 g/mol. The van der Waals surface area contributed by atoms with Crippen molar-refractivity contribution in [1.29, 1.82) is 0 Å². The molecule has 0 N–H and O–H groups in total. The lowest BCUT2D eigenvalue weighted by Crippen LogP contribution is -2.16. The fourth-order valence-corrected chi connectivity index (χ4v) is 5.63. The van der Waals surface area contributed by atoms with Crippen molar-refractivity contribution in [3.63, 3.8) is 0 Å². The molecule has 0 aromatic carbocycles. The maximum absolute atomic E-state index is 11.7. The van der Waals surface area contributed by atoms with Crippen molar-refractivity contribution >= 4 is 42.9 Å². The van der Waals surface area contributed by atoms with E-state index in [-0.39, 0.29) is 24.7 Å². The van der Waals surface area contributed by atoms with E-state index in [4.69, 9.17) is 8.37 Å². The molecule has 122 valence electrons. The molecular formula is C12H14O6S4. The van der Waals surface area contributed by atoms with Gasteiger partial charge in [0, 0.05) is 9.75 Å². The Labute approximate surface area is 137 Å². The molecule has 10 heteroatoms. The van der Waals surface area contributed by atoms with E-state index in [2.05, 4.69) is 0 Å². The summed E-state index contributed by atoms with van der Waals surface area (Å²) in [6, 6.07) is 6.87. The Morgan fingerprint density at radius 1 is 0.773 bits per heavy atom. The van der Waals surface area contributed by atoms with Crippen molar-refractivity contribution < 1.29 is 25.2 Å². The lowest BCUT2D eigenvalue weighted by atomic mass is 10.5. The minimum atomic E-state index is -3.73. The van der Waals surface area contributed by atoms with E-state index in [1.807, 2.05) is 0 Å². The Morgan fingerprint density at radius 2 is 1.18 bits per heavy atom. The molecule has 22 heavy (non-hydrogen) atoms. The lowest BCUT2D eigenvalue weighted by Gasteiger charge is -2.06. The summed E-state index contributed by atoms with van der Waals surface area (Å²) in [5.41, 5.74) is 0. The summed E-state index contributed by atoms with van der Waals surface area (Å²) >= 11 is 2.62. The Kier molecular flexibility index (Phi) is 6.12. The minimum absolute atomic E-state index is 0.230. The molecule has 0 radical (unpaired) electrons. The Balaban J connectivity index is 1.74. The summed E-state index contributed by atoms with van der Waals surface area (Å²) in [7, 11) is -7.47. The summed E-state index contributed by atoms with van der Waals surface area (Å²) in [4.78, 5) is 1.32. The van der Waals surface area contributed by atoms with Gasteiger partial charge in [-0.25, -0.2) is 0 Å². The molecule has 0 aliphatic carbocycles. The van der Waals surface area contributed by atoms with Gasteiger partial charge in [0.05, 0.1) is 13.2 Å². The molecule has 0 aliphatic heterocycles. The molecule has 0 saturated carbocycles. The van der Waals surface area contributed by atoms with Crippen LogP contribution in [0.5, 0.6) is 0 Å². The average Bonchev–Trinajstić information content (AvgIpc) is 3.07. The first-order valence-corrected chi connectivity index (χ1v) is 11.1. The maximum Gasteiger partial charge on any atom is 0.272 e. The van der Waals surface area contributed by atoms with Gasteiger partial charge in [-0.05, 0) is 22.9 Å². The summed E-state index contributed by atoms with van der Waals surface area (Å²) in [5, 5.41) is 3.54. The molecule has 0 atom stereocenters. The van der Waals surface area contributed by atoms with Crippen LogP contribution >= 0.6 is 22.7 Å². The van der Waals surface area contributed by atoms with Gasteiger partial charge in [0.2, 0.25) is 0 Å². The molecule has 0 unspecified atom stereocenters. The van der Waals surface area contributed by atoms with Crippen molar-refractivity contribution in [3.8, 4) is 0 Å². The summed E-state index contributed by atoms with van der Waals surface area (Å²) < 4.78 is 56.1. The lowest BCUT2D eigenvalue weighted by molar-refractivity contribution is 0.224. The fourth-order valence-electron chi connectivity index (χ4n) is 1.54. The Bertz CT molecular complexity index is 691. The van der Waals surface area contributed by atoms with Crippen molar-refractivity contribution in [2.75, 3.05) is 13.2 Å². The first-order valence-electron chi connectivity index (χ1n) is 6.15. The number of rotatable bonds is 9. The topological polar surface area (TPSA) is 86.7 Å². The van der Waals surface area contributed by atoms with E-state index in [1.54, 1.807) is 35.0 Å². The van der Waals surface area contributed by atoms with Gasteiger partial charge in [-0.1, -0.05) is 12.1 Å². The monoisotopic (exact) mass is 382 g/mol. The van der Waals surface area contributed by atoms with Gasteiger partial charge in [0.1, 0.15) is 11.5 Å². The van der Waals surface area contributed by atoms with E-state index in [9.17, 15) is 16.8 Å². The van der Waals surface area contributed by atoms with E-state index in [1.165, 1.54) is 22.7 Å². The highest BCUT2D eigenvalue weighted by Crippen LogP contribution is 2.15. The second-order valence-electron chi connectivity index (χ2n) is 4.21. The zero-order chi connectivity index (χ0) is 16.1. The van der Waals surface area contributed by atoms with Crippen LogP contribution in [0.2, 0.25) is 0 Å². The van der Waals surface area contributed by atoms with Gasteiger partial charge in [-0.2, -0.15) is 16.8 Å². The second kappa shape index (κ2) is 7.66. The molecule has 2 aromatic heterocycles. The van der Waals surface area contributed by atoms with Crippen LogP contribution in [0, 0.1) is 0 Å². The van der Waals surface area contributed by atoms with Gasteiger partial charge >= 0.3 is 0 Å². The van der Waals surface area contributed by atoms with Crippen LogP contribution < -0.4 is 0 Å². The number of hydrogen-bond acceptors (Lipinski definition) is 8. The van der Waals surface area contributed by atoms with Gasteiger partial charge in [0.15, 0.2) is 0 Å². The third kappa shape index (κ3) is 6.15. The van der Waals surface area contributed by atoms with Gasteiger partial charge in [-0.3, -0.25) is 8.37 Å². The highest BCUT2D eigenvalue weighted by molar-refractivity contribution is 7.86. The number of hydrogen-bond donors (Lipinski definition) is 0. The summed E-state index contributed by atoms with van der Waals surface area (Å²) in [6.45, 7) is -0.672. The van der Waals surface area contributed by atoms with Crippen LogP contribution in [0.15, 0.2) is 35.0 Å². The molecule has 0 spiro atoms. The fraction of sp³-hybridized carbons (Fsp3) is 0.333. The van der Waals surface area contributed by atoms with Crippen LogP contribution in [0.25, 0.3) is 0 Å². The van der Waals surface area contributed by atoms with Crippen molar-refractivity contribution in [1.82, 2.24) is 0 Å². The minimum Gasteiger partial charge on any atom is -0.267 e. The van der Waals surface area contributed by atoms with Crippen molar-refractivity contribution in [2.45, 2.75) is 11.5 Å². The van der Waals surface area contributed by atoms with Gasteiger partial charge in [-0.15, -0.1) is 22.7 Å². The molecule has 0 saturated heterocycles. The quantitative estimate of drug-likeness (QED) is 0.488. The second-order valence-corrected chi connectivity index (χ2v) is 9.55. The molecule has 6 nitrogen and oxygen atoms in total.